The summed E-state index contributed by atoms with van der Waals surface area (Å²) < 4.78 is 5.16. The molecule has 1 fully saturated rings. The molecule has 0 radical (unpaired) electrons. The van der Waals surface area contributed by atoms with Crippen LogP contribution in [0.3, 0.4) is 0 Å². The van der Waals surface area contributed by atoms with Gasteiger partial charge in [0.25, 0.3) is 0 Å². The number of ether oxygens (including phenoxy) is 1. The molecule has 0 spiro atoms. The summed E-state index contributed by atoms with van der Waals surface area (Å²) in [6.07, 6.45) is 3.79. The molecule has 1 aliphatic rings. The monoisotopic (exact) mass is 268 g/mol. The number of methoxy groups -OCH3 is 1. The zero-order valence-corrected chi connectivity index (χ0v) is 11.8. The minimum absolute atomic E-state index is 0.667. The second-order valence-electron chi connectivity index (χ2n) is 4.82. The fraction of sp³-hybridized carbons (Fsp3) is 0.571. The van der Waals surface area contributed by atoms with Gasteiger partial charge < -0.3 is 15.0 Å². The molecule has 1 N–H and O–H groups in total. The van der Waals surface area contributed by atoms with Crippen LogP contribution in [0.15, 0.2) is 18.2 Å². The standard InChI is InChI=1S/C14H21ClN2O/c1-17(9-7-11-4-3-8-16-11)12-5-6-14(18-2)13(15)10-12/h5-6,10-11,16H,3-4,7-9H2,1-2H3. The van der Waals surface area contributed by atoms with Crippen LogP contribution in [-0.2, 0) is 0 Å². The number of halogens is 1. The summed E-state index contributed by atoms with van der Waals surface area (Å²) in [5.74, 6) is 0.728. The van der Waals surface area contributed by atoms with Gasteiger partial charge >= 0.3 is 0 Å². The minimum atomic E-state index is 0.667. The van der Waals surface area contributed by atoms with Crippen LogP contribution in [0.1, 0.15) is 19.3 Å². The molecule has 1 atom stereocenters. The molecular formula is C14H21ClN2O. The molecule has 0 bridgehead atoms. The first-order valence-electron chi connectivity index (χ1n) is 6.49. The zero-order chi connectivity index (χ0) is 13.0. The largest absolute Gasteiger partial charge is 0.495 e. The average molecular weight is 269 g/mol. The Hall–Kier alpha value is -0.930. The predicted molar refractivity (Wildman–Crippen MR) is 76.9 cm³/mol. The Labute approximate surface area is 114 Å². The van der Waals surface area contributed by atoms with Crippen LogP contribution in [0.4, 0.5) is 5.69 Å². The summed E-state index contributed by atoms with van der Waals surface area (Å²) in [7, 11) is 3.74. The van der Waals surface area contributed by atoms with Crippen molar-refractivity contribution in [1.82, 2.24) is 5.32 Å². The zero-order valence-electron chi connectivity index (χ0n) is 11.1. The van der Waals surface area contributed by atoms with Gasteiger partial charge in [0.2, 0.25) is 0 Å². The highest BCUT2D eigenvalue weighted by molar-refractivity contribution is 6.32. The number of anilines is 1. The fourth-order valence-corrected chi connectivity index (χ4v) is 2.63. The average Bonchev–Trinajstić information content (AvgIpc) is 2.89. The van der Waals surface area contributed by atoms with E-state index in [0.29, 0.717) is 11.1 Å². The van der Waals surface area contributed by atoms with Crippen LogP contribution < -0.4 is 15.0 Å². The second kappa shape index (κ2) is 6.30. The molecule has 1 aromatic carbocycles. The van der Waals surface area contributed by atoms with Gasteiger partial charge in [-0.15, -0.1) is 0 Å². The summed E-state index contributed by atoms with van der Waals surface area (Å²) in [6.45, 7) is 2.21. The van der Waals surface area contributed by atoms with Crippen LogP contribution >= 0.6 is 11.6 Å². The summed E-state index contributed by atoms with van der Waals surface area (Å²) in [6, 6.07) is 6.61. The Morgan fingerprint density at radius 1 is 1.50 bits per heavy atom. The van der Waals surface area contributed by atoms with Gasteiger partial charge in [-0.3, -0.25) is 0 Å². The molecule has 1 aromatic rings. The smallest absolute Gasteiger partial charge is 0.137 e. The highest BCUT2D eigenvalue weighted by atomic mass is 35.5. The van der Waals surface area contributed by atoms with Crippen molar-refractivity contribution >= 4 is 17.3 Å². The van der Waals surface area contributed by atoms with E-state index in [1.54, 1.807) is 7.11 Å². The third kappa shape index (κ3) is 3.30. The van der Waals surface area contributed by atoms with Crippen LogP contribution in [-0.4, -0.2) is 33.3 Å². The van der Waals surface area contributed by atoms with Crippen molar-refractivity contribution in [3.8, 4) is 5.75 Å². The van der Waals surface area contributed by atoms with Crippen molar-refractivity contribution in [2.24, 2.45) is 0 Å². The Balaban J connectivity index is 1.91. The van der Waals surface area contributed by atoms with Gasteiger partial charge in [-0.05, 0) is 44.0 Å². The van der Waals surface area contributed by atoms with Gasteiger partial charge in [0.1, 0.15) is 5.75 Å². The quantitative estimate of drug-likeness (QED) is 0.889. The molecule has 1 unspecified atom stereocenters. The highest BCUT2D eigenvalue weighted by Gasteiger charge is 2.14. The van der Waals surface area contributed by atoms with Gasteiger partial charge in [-0.2, -0.15) is 0 Å². The fourth-order valence-electron chi connectivity index (χ4n) is 2.37. The number of nitrogens with zero attached hydrogens (tertiary/aromatic N) is 1. The number of hydrogen-bond donors (Lipinski definition) is 1. The molecule has 0 aromatic heterocycles. The van der Waals surface area contributed by atoms with Gasteiger partial charge in [0.15, 0.2) is 0 Å². The number of nitrogens with one attached hydrogen (secondary N) is 1. The lowest BCUT2D eigenvalue weighted by Gasteiger charge is -2.22. The maximum Gasteiger partial charge on any atom is 0.137 e. The van der Waals surface area contributed by atoms with E-state index >= 15 is 0 Å². The van der Waals surface area contributed by atoms with E-state index in [1.165, 1.54) is 25.8 Å². The summed E-state index contributed by atoms with van der Waals surface area (Å²) in [5.41, 5.74) is 1.14. The molecule has 0 saturated carbocycles. The molecule has 4 heteroatoms. The third-order valence-electron chi connectivity index (χ3n) is 3.55. The molecule has 1 saturated heterocycles. The van der Waals surface area contributed by atoms with E-state index in [0.717, 1.165) is 18.0 Å². The first-order valence-corrected chi connectivity index (χ1v) is 6.86. The first-order chi connectivity index (χ1) is 8.70. The molecule has 18 heavy (non-hydrogen) atoms. The van der Waals surface area contributed by atoms with Crippen molar-refractivity contribution < 1.29 is 4.74 Å². The topological polar surface area (TPSA) is 24.5 Å². The lowest BCUT2D eigenvalue weighted by molar-refractivity contribution is 0.415. The number of benzene rings is 1. The van der Waals surface area contributed by atoms with E-state index in [4.69, 9.17) is 16.3 Å². The maximum absolute atomic E-state index is 6.14. The van der Waals surface area contributed by atoms with Crippen molar-refractivity contribution in [3.63, 3.8) is 0 Å². The molecule has 1 aliphatic heterocycles. The first kappa shape index (κ1) is 13.5. The minimum Gasteiger partial charge on any atom is -0.495 e. The Morgan fingerprint density at radius 2 is 2.33 bits per heavy atom. The Morgan fingerprint density at radius 3 is 2.94 bits per heavy atom. The molecule has 0 amide bonds. The Kier molecular flexibility index (Phi) is 4.72. The summed E-state index contributed by atoms with van der Waals surface area (Å²) in [4.78, 5) is 2.24. The molecule has 3 nitrogen and oxygen atoms in total. The second-order valence-corrected chi connectivity index (χ2v) is 5.23. The van der Waals surface area contributed by atoms with Crippen molar-refractivity contribution in [2.45, 2.75) is 25.3 Å². The predicted octanol–water partition coefficient (Wildman–Crippen LogP) is 2.93. The van der Waals surface area contributed by atoms with E-state index in [-0.39, 0.29) is 0 Å². The Bertz CT molecular complexity index is 391. The highest BCUT2D eigenvalue weighted by Crippen LogP contribution is 2.28. The molecule has 100 valence electrons. The van der Waals surface area contributed by atoms with E-state index in [9.17, 15) is 0 Å². The summed E-state index contributed by atoms with van der Waals surface area (Å²) in [5, 5.41) is 4.19. The number of rotatable bonds is 5. The van der Waals surface area contributed by atoms with E-state index < -0.39 is 0 Å². The van der Waals surface area contributed by atoms with E-state index in [2.05, 4.69) is 17.3 Å². The molecule has 2 rings (SSSR count). The van der Waals surface area contributed by atoms with Crippen molar-refractivity contribution in [3.05, 3.63) is 23.2 Å². The lowest BCUT2D eigenvalue weighted by atomic mass is 10.1. The van der Waals surface area contributed by atoms with Gasteiger partial charge in [-0.1, -0.05) is 11.6 Å². The lowest BCUT2D eigenvalue weighted by Crippen LogP contribution is -2.28. The normalized spacial score (nSPS) is 18.9. The summed E-state index contributed by atoms with van der Waals surface area (Å²) >= 11 is 6.14. The maximum atomic E-state index is 6.14. The van der Waals surface area contributed by atoms with Gasteiger partial charge in [-0.25, -0.2) is 0 Å². The van der Waals surface area contributed by atoms with E-state index in [1.807, 2.05) is 18.2 Å². The molecule has 0 aliphatic carbocycles. The van der Waals surface area contributed by atoms with Gasteiger partial charge in [0, 0.05) is 25.3 Å². The SMILES string of the molecule is COc1ccc(N(C)CCC2CCCN2)cc1Cl. The van der Waals surface area contributed by atoms with Crippen molar-refractivity contribution in [2.75, 3.05) is 32.1 Å². The van der Waals surface area contributed by atoms with Crippen molar-refractivity contribution in [1.29, 1.82) is 0 Å². The molecule has 1 heterocycles. The van der Waals surface area contributed by atoms with Crippen LogP contribution in [0.25, 0.3) is 0 Å². The van der Waals surface area contributed by atoms with Gasteiger partial charge in [0.05, 0.1) is 12.1 Å². The number of hydrogen-bond acceptors (Lipinski definition) is 3. The van der Waals surface area contributed by atoms with Crippen LogP contribution in [0.2, 0.25) is 5.02 Å². The third-order valence-corrected chi connectivity index (χ3v) is 3.85. The van der Waals surface area contributed by atoms with Crippen LogP contribution in [0.5, 0.6) is 5.75 Å². The molecular weight excluding hydrogens is 248 g/mol. The van der Waals surface area contributed by atoms with Crippen LogP contribution in [0, 0.1) is 0 Å².